The van der Waals surface area contributed by atoms with Gasteiger partial charge < -0.3 is 15.8 Å². The van der Waals surface area contributed by atoms with Gasteiger partial charge in [0.2, 0.25) is 0 Å². The first-order valence-corrected chi connectivity index (χ1v) is 6.95. The van der Waals surface area contributed by atoms with E-state index in [4.69, 9.17) is 10.5 Å². The Kier molecular flexibility index (Phi) is 5.59. The minimum Gasteiger partial charge on any atom is -0.496 e. The first-order valence-electron chi connectivity index (χ1n) is 6.95. The third-order valence-electron chi connectivity index (χ3n) is 3.39. The second-order valence-corrected chi connectivity index (χ2v) is 4.73. The Labute approximate surface area is 120 Å². The lowest BCUT2D eigenvalue weighted by atomic mass is 10.0. The first kappa shape index (κ1) is 14.6. The van der Waals surface area contributed by atoms with E-state index in [1.165, 1.54) is 5.56 Å². The Morgan fingerprint density at radius 2 is 1.75 bits per heavy atom. The van der Waals surface area contributed by atoms with Crippen LogP contribution >= 0.6 is 0 Å². The summed E-state index contributed by atoms with van der Waals surface area (Å²) >= 11 is 0. The zero-order valence-corrected chi connectivity index (χ0v) is 11.9. The molecule has 2 aromatic carbocycles. The molecule has 0 fully saturated rings. The number of hydrogen-bond donors (Lipinski definition) is 2. The van der Waals surface area contributed by atoms with Gasteiger partial charge in [-0.1, -0.05) is 48.5 Å². The highest BCUT2D eigenvalue weighted by molar-refractivity contribution is 5.33. The quantitative estimate of drug-likeness (QED) is 0.813. The van der Waals surface area contributed by atoms with Crippen LogP contribution in [0, 0.1) is 0 Å². The monoisotopic (exact) mass is 270 g/mol. The molecule has 3 nitrogen and oxygen atoms in total. The second kappa shape index (κ2) is 7.68. The minimum atomic E-state index is 0.270. The van der Waals surface area contributed by atoms with Gasteiger partial charge in [0.25, 0.3) is 0 Å². The van der Waals surface area contributed by atoms with Crippen LogP contribution in [0.3, 0.4) is 0 Å². The van der Waals surface area contributed by atoms with Crippen LogP contribution in [0.4, 0.5) is 0 Å². The number of benzene rings is 2. The Bertz CT molecular complexity index is 513. The molecule has 3 N–H and O–H groups in total. The molecule has 2 rings (SSSR count). The van der Waals surface area contributed by atoms with Crippen molar-refractivity contribution in [2.45, 2.75) is 19.0 Å². The number of hydrogen-bond acceptors (Lipinski definition) is 3. The predicted molar refractivity (Wildman–Crippen MR) is 82.7 cm³/mol. The maximum absolute atomic E-state index is 5.73. The van der Waals surface area contributed by atoms with Gasteiger partial charge in [-0.3, -0.25) is 0 Å². The zero-order valence-electron chi connectivity index (χ0n) is 11.9. The molecular weight excluding hydrogens is 248 g/mol. The van der Waals surface area contributed by atoms with Gasteiger partial charge in [-0.25, -0.2) is 0 Å². The van der Waals surface area contributed by atoms with Gasteiger partial charge in [0.1, 0.15) is 5.75 Å². The number of nitrogens with two attached hydrogens (primary N) is 1. The van der Waals surface area contributed by atoms with Crippen LogP contribution < -0.4 is 15.8 Å². The van der Waals surface area contributed by atoms with Crippen molar-refractivity contribution in [1.82, 2.24) is 5.32 Å². The average Bonchev–Trinajstić information content (AvgIpc) is 2.52. The molecule has 0 spiro atoms. The summed E-state index contributed by atoms with van der Waals surface area (Å²) in [7, 11) is 1.70. The van der Waals surface area contributed by atoms with E-state index in [1.54, 1.807) is 7.11 Å². The van der Waals surface area contributed by atoms with Gasteiger partial charge in [-0.15, -0.1) is 0 Å². The Hall–Kier alpha value is -1.84. The van der Waals surface area contributed by atoms with Gasteiger partial charge in [0, 0.05) is 18.2 Å². The fourth-order valence-corrected chi connectivity index (χ4v) is 2.32. The van der Waals surface area contributed by atoms with Gasteiger partial charge in [-0.2, -0.15) is 0 Å². The van der Waals surface area contributed by atoms with E-state index < -0.39 is 0 Å². The van der Waals surface area contributed by atoms with Crippen molar-refractivity contribution in [2.24, 2.45) is 5.73 Å². The van der Waals surface area contributed by atoms with Crippen molar-refractivity contribution in [2.75, 3.05) is 13.7 Å². The number of methoxy groups -OCH3 is 1. The van der Waals surface area contributed by atoms with Gasteiger partial charge >= 0.3 is 0 Å². The number of ether oxygens (including phenoxy) is 1. The van der Waals surface area contributed by atoms with E-state index in [0.717, 1.165) is 24.3 Å². The third kappa shape index (κ3) is 3.83. The highest BCUT2D eigenvalue weighted by atomic mass is 16.5. The molecule has 0 aromatic heterocycles. The summed E-state index contributed by atoms with van der Waals surface area (Å²) in [5.74, 6) is 0.916. The molecule has 0 saturated heterocycles. The van der Waals surface area contributed by atoms with Crippen molar-refractivity contribution in [3.8, 4) is 5.75 Å². The molecule has 0 aliphatic carbocycles. The maximum atomic E-state index is 5.73. The van der Waals surface area contributed by atoms with Crippen molar-refractivity contribution in [3.63, 3.8) is 0 Å². The third-order valence-corrected chi connectivity index (χ3v) is 3.39. The molecule has 0 aliphatic heterocycles. The molecule has 0 saturated carbocycles. The van der Waals surface area contributed by atoms with Crippen LogP contribution in [-0.4, -0.2) is 13.7 Å². The van der Waals surface area contributed by atoms with E-state index in [2.05, 4.69) is 35.6 Å². The van der Waals surface area contributed by atoms with E-state index in [9.17, 15) is 0 Å². The molecule has 0 heterocycles. The Morgan fingerprint density at radius 1 is 1.05 bits per heavy atom. The minimum absolute atomic E-state index is 0.270. The van der Waals surface area contributed by atoms with Gasteiger partial charge in [-0.05, 0) is 24.6 Å². The topological polar surface area (TPSA) is 47.3 Å². The summed E-state index contributed by atoms with van der Waals surface area (Å²) in [5.41, 5.74) is 8.16. The van der Waals surface area contributed by atoms with E-state index in [0.29, 0.717) is 6.54 Å². The van der Waals surface area contributed by atoms with Crippen molar-refractivity contribution in [3.05, 3.63) is 65.7 Å². The molecule has 0 bridgehead atoms. The fraction of sp³-hybridized carbons (Fsp3) is 0.294. The largest absolute Gasteiger partial charge is 0.496 e. The molecule has 0 aliphatic rings. The summed E-state index contributed by atoms with van der Waals surface area (Å²) in [4.78, 5) is 0. The molecule has 106 valence electrons. The number of nitrogens with one attached hydrogen (secondary N) is 1. The number of rotatable bonds is 7. The van der Waals surface area contributed by atoms with E-state index in [1.807, 2.05) is 24.3 Å². The lowest BCUT2D eigenvalue weighted by Gasteiger charge is -2.19. The summed E-state index contributed by atoms with van der Waals surface area (Å²) in [6, 6.07) is 18.8. The Balaban J connectivity index is 2.06. The highest BCUT2D eigenvalue weighted by Gasteiger charge is 2.10. The van der Waals surface area contributed by atoms with Crippen LogP contribution in [0.25, 0.3) is 0 Å². The number of para-hydroxylation sites is 1. The second-order valence-electron chi connectivity index (χ2n) is 4.73. The standard InChI is InChI=1S/C17H22N2O/c1-20-17-10-6-5-9-15(17)13-19-16(11-12-18)14-7-3-2-4-8-14/h2-10,16,19H,11-13,18H2,1H3/t16-/m0/s1. The van der Waals surface area contributed by atoms with Gasteiger partial charge in [0.05, 0.1) is 7.11 Å². The zero-order chi connectivity index (χ0) is 14.2. The predicted octanol–water partition coefficient (Wildman–Crippen LogP) is 2.87. The van der Waals surface area contributed by atoms with Crippen molar-refractivity contribution < 1.29 is 4.74 Å². The van der Waals surface area contributed by atoms with Crippen LogP contribution in [0.1, 0.15) is 23.6 Å². The summed E-state index contributed by atoms with van der Waals surface area (Å²) in [5, 5.41) is 3.57. The highest BCUT2D eigenvalue weighted by Crippen LogP contribution is 2.20. The molecule has 0 radical (unpaired) electrons. The van der Waals surface area contributed by atoms with E-state index in [-0.39, 0.29) is 6.04 Å². The lowest BCUT2D eigenvalue weighted by Crippen LogP contribution is -2.23. The molecule has 0 unspecified atom stereocenters. The van der Waals surface area contributed by atoms with E-state index >= 15 is 0 Å². The van der Waals surface area contributed by atoms with Crippen LogP contribution in [0.5, 0.6) is 5.75 Å². The fourth-order valence-electron chi connectivity index (χ4n) is 2.32. The van der Waals surface area contributed by atoms with Crippen molar-refractivity contribution >= 4 is 0 Å². The van der Waals surface area contributed by atoms with Gasteiger partial charge in [0.15, 0.2) is 0 Å². The first-order chi connectivity index (χ1) is 9.85. The SMILES string of the molecule is COc1ccccc1CN[C@@H](CCN)c1ccccc1. The summed E-state index contributed by atoms with van der Waals surface area (Å²) in [6.07, 6.45) is 0.916. The Morgan fingerprint density at radius 3 is 2.45 bits per heavy atom. The summed E-state index contributed by atoms with van der Waals surface area (Å²) in [6.45, 7) is 1.43. The summed E-state index contributed by atoms with van der Waals surface area (Å²) < 4.78 is 5.38. The molecular formula is C17H22N2O. The lowest BCUT2D eigenvalue weighted by molar-refractivity contribution is 0.404. The smallest absolute Gasteiger partial charge is 0.123 e. The normalized spacial score (nSPS) is 12.1. The molecule has 1 atom stereocenters. The van der Waals surface area contributed by atoms with Crippen LogP contribution in [-0.2, 0) is 6.54 Å². The van der Waals surface area contributed by atoms with Crippen molar-refractivity contribution in [1.29, 1.82) is 0 Å². The molecule has 0 amide bonds. The van der Waals surface area contributed by atoms with Crippen LogP contribution in [0.15, 0.2) is 54.6 Å². The molecule has 20 heavy (non-hydrogen) atoms. The molecule has 2 aromatic rings. The molecule has 3 heteroatoms. The maximum Gasteiger partial charge on any atom is 0.123 e. The van der Waals surface area contributed by atoms with Crippen LogP contribution in [0.2, 0.25) is 0 Å². The average molecular weight is 270 g/mol.